The van der Waals surface area contributed by atoms with Crippen LogP contribution < -0.4 is 10.6 Å². The topological polar surface area (TPSA) is 84.7 Å². The Hall–Kier alpha value is -2.45. The number of aliphatic imine (C=N–C) groups is 1. The molecule has 1 fully saturated rings. The Morgan fingerprint density at radius 3 is 2.93 bits per heavy atom. The number of nitrogens with two attached hydrogens (primary N) is 1. The van der Waals surface area contributed by atoms with E-state index in [1.54, 1.807) is 18.0 Å². The zero-order valence-electron chi connectivity index (χ0n) is 15.9. The second-order valence-electron chi connectivity index (χ2n) is 7.81. The highest BCUT2D eigenvalue weighted by Crippen LogP contribution is 2.33. The molecule has 0 aliphatic carbocycles. The second kappa shape index (κ2) is 6.86. The molecule has 8 heteroatoms. The van der Waals surface area contributed by atoms with Crippen LogP contribution in [0.4, 0.5) is 5.82 Å². The van der Waals surface area contributed by atoms with E-state index in [-0.39, 0.29) is 5.41 Å². The Labute approximate surface area is 168 Å². The summed E-state index contributed by atoms with van der Waals surface area (Å²) in [5.74, 6) is 0.958. The predicted molar refractivity (Wildman–Crippen MR) is 112 cm³/mol. The third-order valence-corrected chi connectivity index (χ3v) is 6.79. The predicted octanol–water partition coefficient (Wildman–Crippen LogP) is 2.74. The van der Waals surface area contributed by atoms with E-state index < -0.39 is 0 Å². The molecule has 0 aromatic carbocycles. The van der Waals surface area contributed by atoms with Crippen LogP contribution in [-0.4, -0.2) is 44.3 Å². The van der Waals surface area contributed by atoms with Crippen LogP contribution in [0.25, 0.3) is 5.52 Å². The smallest absolute Gasteiger partial charge is 0.147 e. The lowest BCUT2D eigenvalue weighted by atomic mass is 9.80. The van der Waals surface area contributed by atoms with Gasteiger partial charge in [0, 0.05) is 30.4 Å². The van der Waals surface area contributed by atoms with Gasteiger partial charge in [0.05, 0.1) is 24.0 Å². The van der Waals surface area contributed by atoms with E-state index >= 15 is 0 Å². The summed E-state index contributed by atoms with van der Waals surface area (Å²) in [5, 5.41) is 5.18. The van der Waals surface area contributed by atoms with Gasteiger partial charge in [0.15, 0.2) is 0 Å². The molecule has 0 spiro atoms. The van der Waals surface area contributed by atoms with E-state index in [2.05, 4.69) is 34.0 Å². The van der Waals surface area contributed by atoms with Gasteiger partial charge >= 0.3 is 0 Å². The van der Waals surface area contributed by atoms with Crippen molar-refractivity contribution in [2.75, 3.05) is 24.5 Å². The molecule has 2 aliphatic rings. The zero-order valence-corrected chi connectivity index (χ0v) is 16.7. The number of piperidine rings is 1. The Morgan fingerprint density at radius 1 is 1.25 bits per heavy atom. The first-order chi connectivity index (χ1) is 13.6. The van der Waals surface area contributed by atoms with Crippen molar-refractivity contribution in [2.24, 2.45) is 16.1 Å². The van der Waals surface area contributed by atoms with Gasteiger partial charge in [0.25, 0.3) is 0 Å². The fourth-order valence-corrected chi connectivity index (χ4v) is 4.64. The van der Waals surface area contributed by atoms with Crippen LogP contribution in [0.2, 0.25) is 0 Å². The third kappa shape index (κ3) is 3.16. The Morgan fingerprint density at radius 2 is 2.11 bits per heavy atom. The summed E-state index contributed by atoms with van der Waals surface area (Å²) in [6.07, 6.45) is 7.85. The van der Waals surface area contributed by atoms with Gasteiger partial charge in [-0.3, -0.25) is 4.99 Å². The van der Waals surface area contributed by atoms with E-state index in [9.17, 15) is 0 Å². The van der Waals surface area contributed by atoms with E-state index in [0.29, 0.717) is 6.54 Å². The van der Waals surface area contributed by atoms with Gasteiger partial charge in [-0.15, -0.1) is 0 Å². The number of hydrogen-bond donors (Lipinski definition) is 1. The molecule has 3 aromatic heterocycles. The monoisotopic (exact) mass is 393 g/mol. The zero-order chi connectivity index (χ0) is 19.1. The largest absolute Gasteiger partial charge is 0.355 e. The number of anilines is 1. The van der Waals surface area contributed by atoms with Gasteiger partial charge in [-0.05, 0) is 43.0 Å². The molecular weight excluding hydrogens is 370 g/mol. The molecule has 5 heterocycles. The molecule has 3 aromatic rings. The molecule has 28 heavy (non-hydrogen) atoms. The molecule has 0 amide bonds. The van der Waals surface area contributed by atoms with Crippen LogP contribution in [0, 0.1) is 5.41 Å². The highest BCUT2D eigenvalue weighted by atomic mass is 32.2. The van der Waals surface area contributed by atoms with E-state index in [1.807, 2.05) is 23.0 Å². The van der Waals surface area contributed by atoms with Gasteiger partial charge in [-0.1, -0.05) is 18.7 Å². The molecule has 0 saturated carbocycles. The van der Waals surface area contributed by atoms with Gasteiger partial charge in [-0.2, -0.15) is 5.10 Å². The van der Waals surface area contributed by atoms with Crippen molar-refractivity contribution in [2.45, 2.75) is 31.2 Å². The first kappa shape index (κ1) is 17.6. The fraction of sp³-hybridized carbons (Fsp3) is 0.400. The van der Waals surface area contributed by atoms with Crippen molar-refractivity contribution in [3.63, 3.8) is 0 Å². The van der Waals surface area contributed by atoms with Crippen molar-refractivity contribution in [3.8, 4) is 0 Å². The second-order valence-corrected chi connectivity index (χ2v) is 8.87. The minimum atomic E-state index is 0.254. The summed E-state index contributed by atoms with van der Waals surface area (Å²) >= 11 is 1.64. The first-order valence-electron chi connectivity index (χ1n) is 9.61. The SMILES string of the molecule is CC1(CN)CCN(c2cnc3c(n2)CN=C3Sc2ccn3nccc3c2)CC1. The molecule has 0 unspecified atom stereocenters. The average Bonchev–Trinajstić information content (AvgIpc) is 3.35. The molecule has 144 valence electrons. The lowest BCUT2D eigenvalue weighted by Crippen LogP contribution is -2.42. The summed E-state index contributed by atoms with van der Waals surface area (Å²) in [6, 6.07) is 6.16. The van der Waals surface area contributed by atoms with Gasteiger partial charge < -0.3 is 10.6 Å². The number of aromatic nitrogens is 4. The molecule has 2 N–H and O–H groups in total. The molecule has 0 bridgehead atoms. The summed E-state index contributed by atoms with van der Waals surface area (Å²) < 4.78 is 1.86. The van der Waals surface area contributed by atoms with Crippen LogP contribution in [0.1, 0.15) is 31.2 Å². The third-order valence-electron chi connectivity index (χ3n) is 5.78. The quantitative estimate of drug-likeness (QED) is 0.736. The lowest BCUT2D eigenvalue weighted by molar-refractivity contribution is 0.258. The van der Waals surface area contributed by atoms with Crippen molar-refractivity contribution in [1.29, 1.82) is 0 Å². The summed E-state index contributed by atoms with van der Waals surface area (Å²) in [5.41, 5.74) is 9.13. The van der Waals surface area contributed by atoms with E-state index in [0.717, 1.165) is 65.1 Å². The minimum Gasteiger partial charge on any atom is -0.355 e. The molecule has 7 nitrogen and oxygen atoms in total. The molecule has 0 atom stereocenters. The number of hydrogen-bond acceptors (Lipinski definition) is 7. The number of pyridine rings is 1. The number of fused-ring (bicyclic) bond motifs is 2. The van der Waals surface area contributed by atoms with Crippen LogP contribution in [0.15, 0.2) is 46.7 Å². The number of nitrogens with zero attached hydrogens (tertiary/aromatic N) is 6. The summed E-state index contributed by atoms with van der Waals surface area (Å²) in [6.45, 7) is 5.58. The summed E-state index contributed by atoms with van der Waals surface area (Å²) in [4.78, 5) is 17.7. The van der Waals surface area contributed by atoms with Crippen LogP contribution in [-0.2, 0) is 6.54 Å². The molecule has 0 radical (unpaired) electrons. The van der Waals surface area contributed by atoms with Crippen LogP contribution in [0.5, 0.6) is 0 Å². The molecule has 1 saturated heterocycles. The maximum Gasteiger partial charge on any atom is 0.147 e. The number of rotatable bonds is 3. The minimum absolute atomic E-state index is 0.254. The highest BCUT2D eigenvalue weighted by molar-refractivity contribution is 8.14. The van der Waals surface area contributed by atoms with Gasteiger partial charge in [-0.25, -0.2) is 14.5 Å². The summed E-state index contributed by atoms with van der Waals surface area (Å²) in [7, 11) is 0. The maximum atomic E-state index is 5.93. The van der Waals surface area contributed by atoms with Crippen LogP contribution in [0.3, 0.4) is 0 Å². The first-order valence-corrected chi connectivity index (χ1v) is 10.4. The Balaban J connectivity index is 1.32. The average molecular weight is 394 g/mol. The maximum absolute atomic E-state index is 5.93. The van der Waals surface area contributed by atoms with E-state index in [4.69, 9.17) is 15.7 Å². The molecule has 5 rings (SSSR count). The van der Waals surface area contributed by atoms with E-state index in [1.165, 1.54) is 0 Å². The highest BCUT2D eigenvalue weighted by Gasteiger charge is 2.30. The normalized spacial score (nSPS) is 18.4. The fourth-order valence-electron chi connectivity index (χ4n) is 3.72. The lowest BCUT2D eigenvalue weighted by Gasteiger charge is -2.39. The van der Waals surface area contributed by atoms with Crippen molar-refractivity contribution < 1.29 is 0 Å². The Kier molecular flexibility index (Phi) is 4.32. The number of thioether (sulfide) groups is 1. The van der Waals surface area contributed by atoms with Gasteiger partial charge in [0.2, 0.25) is 0 Å². The van der Waals surface area contributed by atoms with Crippen molar-refractivity contribution in [3.05, 3.63) is 48.2 Å². The van der Waals surface area contributed by atoms with Crippen LogP contribution >= 0.6 is 11.8 Å². The Bertz CT molecular complexity index is 1050. The van der Waals surface area contributed by atoms with Gasteiger partial charge in [0.1, 0.15) is 16.6 Å². The molecule has 2 aliphatic heterocycles. The standard InChI is InChI=1S/C20H23N7S/c1-20(13-21)4-8-26(9-5-20)17-12-22-18-16(25-17)11-23-19(18)28-15-3-7-27-14(10-15)2-6-24-27/h2-3,6-7,10,12H,4-5,8-9,11,13,21H2,1H3. The molecular formula is C20H23N7S. The van der Waals surface area contributed by atoms with Crippen molar-refractivity contribution in [1.82, 2.24) is 19.6 Å². The van der Waals surface area contributed by atoms with Crippen molar-refractivity contribution >= 4 is 28.1 Å².